The Labute approximate surface area is 86.0 Å². The van der Waals surface area contributed by atoms with Gasteiger partial charge in [0.25, 0.3) is 0 Å². The molecule has 1 rings (SSSR count). The molecule has 2 atom stereocenters. The average Bonchev–Trinajstić information content (AvgIpc) is 2.18. The van der Waals surface area contributed by atoms with Crippen LogP contribution in [0.1, 0.15) is 12.8 Å². The lowest BCUT2D eigenvalue weighted by molar-refractivity contribution is 0.0276. The Morgan fingerprint density at radius 1 is 1.64 bits per heavy atom. The molecule has 14 heavy (non-hydrogen) atoms. The summed E-state index contributed by atoms with van der Waals surface area (Å²) in [7, 11) is 1.61. The van der Waals surface area contributed by atoms with Crippen LogP contribution in [0, 0.1) is 5.92 Å². The van der Waals surface area contributed by atoms with Crippen molar-refractivity contribution in [2.24, 2.45) is 11.7 Å². The predicted octanol–water partition coefficient (Wildman–Crippen LogP) is -0.336. The van der Waals surface area contributed by atoms with Crippen LogP contribution in [0.25, 0.3) is 0 Å². The van der Waals surface area contributed by atoms with E-state index in [1.165, 1.54) is 12.8 Å². The normalized spacial score (nSPS) is 26.4. The fourth-order valence-electron chi connectivity index (χ4n) is 2.05. The van der Waals surface area contributed by atoms with Gasteiger partial charge in [-0.1, -0.05) is 0 Å². The van der Waals surface area contributed by atoms with Crippen molar-refractivity contribution in [1.29, 1.82) is 0 Å². The Morgan fingerprint density at radius 2 is 2.43 bits per heavy atom. The molecule has 0 aromatic carbocycles. The van der Waals surface area contributed by atoms with Gasteiger partial charge in [0.15, 0.2) is 0 Å². The average molecular weight is 202 g/mol. The number of likely N-dealkylation sites (tertiary alicyclic amines) is 1. The van der Waals surface area contributed by atoms with Crippen LogP contribution in [0.2, 0.25) is 0 Å². The second-order valence-electron chi connectivity index (χ2n) is 4.11. The van der Waals surface area contributed by atoms with Crippen LogP contribution in [0.15, 0.2) is 0 Å². The van der Waals surface area contributed by atoms with Crippen LogP contribution in [0.3, 0.4) is 0 Å². The van der Waals surface area contributed by atoms with Crippen LogP contribution in [0.4, 0.5) is 0 Å². The fourth-order valence-corrected chi connectivity index (χ4v) is 2.05. The monoisotopic (exact) mass is 202 g/mol. The highest BCUT2D eigenvalue weighted by molar-refractivity contribution is 4.75. The van der Waals surface area contributed by atoms with E-state index in [4.69, 9.17) is 10.5 Å². The van der Waals surface area contributed by atoms with Crippen molar-refractivity contribution in [2.45, 2.75) is 18.9 Å². The van der Waals surface area contributed by atoms with E-state index in [0.717, 1.165) is 19.6 Å². The van der Waals surface area contributed by atoms with E-state index in [9.17, 15) is 5.11 Å². The van der Waals surface area contributed by atoms with Crippen LogP contribution in [-0.2, 0) is 4.74 Å². The Bertz CT molecular complexity index is 155. The number of hydrogen-bond donors (Lipinski definition) is 2. The van der Waals surface area contributed by atoms with Gasteiger partial charge < -0.3 is 20.5 Å². The van der Waals surface area contributed by atoms with E-state index in [1.807, 2.05) is 0 Å². The molecule has 0 amide bonds. The molecule has 0 aromatic heterocycles. The van der Waals surface area contributed by atoms with E-state index >= 15 is 0 Å². The van der Waals surface area contributed by atoms with Crippen molar-refractivity contribution in [1.82, 2.24) is 4.90 Å². The van der Waals surface area contributed by atoms with Crippen LogP contribution in [0.5, 0.6) is 0 Å². The first-order valence-electron chi connectivity index (χ1n) is 5.35. The third kappa shape index (κ3) is 3.92. The molecular weight excluding hydrogens is 180 g/mol. The molecule has 0 radical (unpaired) electrons. The summed E-state index contributed by atoms with van der Waals surface area (Å²) in [5, 5.41) is 9.56. The van der Waals surface area contributed by atoms with Gasteiger partial charge in [0.2, 0.25) is 0 Å². The molecule has 4 heteroatoms. The summed E-state index contributed by atoms with van der Waals surface area (Å²) in [5.74, 6) is 0.610. The molecule has 0 saturated carbocycles. The second kappa shape index (κ2) is 6.35. The first kappa shape index (κ1) is 11.9. The lowest BCUT2D eigenvalue weighted by Crippen LogP contribution is -2.43. The lowest BCUT2D eigenvalue weighted by Gasteiger charge is -2.33. The van der Waals surface area contributed by atoms with Crippen LogP contribution < -0.4 is 5.73 Å². The number of piperidine rings is 1. The summed E-state index contributed by atoms with van der Waals surface area (Å²) in [5.41, 5.74) is 5.64. The summed E-state index contributed by atoms with van der Waals surface area (Å²) >= 11 is 0. The van der Waals surface area contributed by atoms with Gasteiger partial charge in [-0.15, -0.1) is 0 Å². The first-order chi connectivity index (χ1) is 6.76. The van der Waals surface area contributed by atoms with Crippen molar-refractivity contribution >= 4 is 0 Å². The molecule has 0 aromatic rings. The SMILES string of the molecule is COCC(O)CN1CCCC(CN)C1. The van der Waals surface area contributed by atoms with Gasteiger partial charge >= 0.3 is 0 Å². The van der Waals surface area contributed by atoms with Gasteiger partial charge in [-0.05, 0) is 31.8 Å². The predicted molar refractivity (Wildman–Crippen MR) is 56.1 cm³/mol. The van der Waals surface area contributed by atoms with Gasteiger partial charge in [-0.3, -0.25) is 0 Å². The van der Waals surface area contributed by atoms with Crippen molar-refractivity contribution in [2.75, 3.05) is 39.9 Å². The van der Waals surface area contributed by atoms with Crippen molar-refractivity contribution in [3.8, 4) is 0 Å². The Hall–Kier alpha value is -0.160. The molecule has 1 aliphatic rings. The highest BCUT2D eigenvalue weighted by Gasteiger charge is 2.20. The number of nitrogens with zero attached hydrogens (tertiary/aromatic N) is 1. The van der Waals surface area contributed by atoms with E-state index in [2.05, 4.69) is 4.90 Å². The lowest BCUT2D eigenvalue weighted by atomic mass is 9.98. The zero-order valence-corrected chi connectivity index (χ0v) is 8.98. The topological polar surface area (TPSA) is 58.7 Å². The zero-order valence-electron chi connectivity index (χ0n) is 8.98. The number of aliphatic hydroxyl groups is 1. The fraction of sp³-hybridized carbons (Fsp3) is 1.00. The first-order valence-corrected chi connectivity index (χ1v) is 5.35. The molecule has 1 heterocycles. The molecular formula is C10H22N2O2. The van der Waals surface area contributed by atoms with Crippen molar-refractivity contribution in [3.63, 3.8) is 0 Å². The molecule has 1 fully saturated rings. The van der Waals surface area contributed by atoms with Crippen molar-refractivity contribution < 1.29 is 9.84 Å². The highest BCUT2D eigenvalue weighted by Crippen LogP contribution is 2.15. The maximum Gasteiger partial charge on any atom is 0.0900 e. The molecule has 1 aliphatic heterocycles. The van der Waals surface area contributed by atoms with Gasteiger partial charge in [-0.2, -0.15) is 0 Å². The van der Waals surface area contributed by atoms with Gasteiger partial charge in [0.05, 0.1) is 12.7 Å². The number of nitrogens with two attached hydrogens (primary N) is 1. The number of methoxy groups -OCH3 is 1. The third-order valence-electron chi connectivity index (χ3n) is 2.76. The molecule has 0 aliphatic carbocycles. The number of rotatable bonds is 5. The minimum Gasteiger partial charge on any atom is -0.389 e. The summed E-state index contributed by atoms with van der Waals surface area (Å²) in [6.45, 7) is 4.00. The van der Waals surface area contributed by atoms with Crippen molar-refractivity contribution in [3.05, 3.63) is 0 Å². The Kier molecular flexibility index (Phi) is 5.40. The number of aliphatic hydroxyl groups excluding tert-OH is 1. The van der Waals surface area contributed by atoms with E-state index < -0.39 is 0 Å². The number of ether oxygens (including phenoxy) is 1. The molecule has 1 saturated heterocycles. The third-order valence-corrected chi connectivity index (χ3v) is 2.76. The maximum atomic E-state index is 9.56. The minimum absolute atomic E-state index is 0.364. The number of β-amino-alcohol motifs (C(OH)–C–C–N with tert-alkyl or cyclic N) is 1. The summed E-state index contributed by atoms with van der Waals surface area (Å²) < 4.78 is 4.90. The molecule has 0 bridgehead atoms. The standard InChI is InChI=1S/C10H22N2O2/c1-14-8-10(13)7-12-4-2-3-9(5-11)6-12/h9-10,13H,2-8,11H2,1H3. The molecule has 84 valence electrons. The molecule has 0 spiro atoms. The quantitative estimate of drug-likeness (QED) is 0.640. The summed E-state index contributed by atoms with van der Waals surface area (Å²) in [6.07, 6.45) is 2.06. The summed E-state index contributed by atoms with van der Waals surface area (Å²) in [6, 6.07) is 0. The summed E-state index contributed by atoms with van der Waals surface area (Å²) in [4.78, 5) is 2.28. The van der Waals surface area contributed by atoms with E-state index in [0.29, 0.717) is 19.1 Å². The smallest absolute Gasteiger partial charge is 0.0900 e. The molecule has 2 unspecified atom stereocenters. The van der Waals surface area contributed by atoms with Gasteiger partial charge in [-0.25, -0.2) is 0 Å². The Balaban J connectivity index is 2.22. The molecule has 3 N–H and O–H groups in total. The highest BCUT2D eigenvalue weighted by atomic mass is 16.5. The largest absolute Gasteiger partial charge is 0.389 e. The van der Waals surface area contributed by atoms with E-state index in [-0.39, 0.29) is 6.10 Å². The van der Waals surface area contributed by atoms with Crippen LogP contribution >= 0.6 is 0 Å². The second-order valence-corrected chi connectivity index (χ2v) is 4.11. The maximum absolute atomic E-state index is 9.56. The zero-order chi connectivity index (χ0) is 10.4. The Morgan fingerprint density at radius 3 is 3.07 bits per heavy atom. The van der Waals surface area contributed by atoms with Gasteiger partial charge in [0.1, 0.15) is 0 Å². The van der Waals surface area contributed by atoms with Crippen LogP contribution in [-0.4, -0.2) is 56.0 Å². The van der Waals surface area contributed by atoms with E-state index in [1.54, 1.807) is 7.11 Å². The minimum atomic E-state index is -0.364. The number of hydrogen-bond acceptors (Lipinski definition) is 4. The molecule has 4 nitrogen and oxygen atoms in total. The van der Waals surface area contributed by atoms with Gasteiger partial charge in [0, 0.05) is 20.2 Å².